The van der Waals surface area contributed by atoms with E-state index in [9.17, 15) is 0 Å². The molecular weight excluding hydrogens is 246 g/mol. The number of aryl methyl sites for hydroxylation is 1. The lowest BCUT2D eigenvalue weighted by Crippen LogP contribution is -2.08. The zero-order valence-electron chi connectivity index (χ0n) is 11.8. The Hall–Kier alpha value is -2.22. The van der Waals surface area contributed by atoms with Gasteiger partial charge in [0.2, 0.25) is 0 Å². The number of para-hydroxylation sites is 2. The van der Waals surface area contributed by atoms with Crippen LogP contribution in [0.1, 0.15) is 12.5 Å². The van der Waals surface area contributed by atoms with Crippen LogP contribution in [0.25, 0.3) is 10.9 Å². The summed E-state index contributed by atoms with van der Waals surface area (Å²) in [7, 11) is 0. The van der Waals surface area contributed by atoms with E-state index in [4.69, 9.17) is 4.74 Å². The molecule has 0 aliphatic heterocycles. The van der Waals surface area contributed by atoms with Crippen LogP contribution in [0.15, 0.2) is 60.8 Å². The summed E-state index contributed by atoms with van der Waals surface area (Å²) in [5.41, 5.74) is 2.53. The Balaban J connectivity index is 1.68. The molecule has 3 aromatic rings. The molecule has 1 heterocycles. The van der Waals surface area contributed by atoms with Gasteiger partial charge in [0, 0.05) is 11.7 Å². The SMILES string of the molecule is CCc1ccccc1OCCn1ccc2ccccc21. The van der Waals surface area contributed by atoms with Gasteiger partial charge in [0.15, 0.2) is 0 Å². The fourth-order valence-electron chi connectivity index (χ4n) is 2.53. The number of aromatic nitrogens is 1. The predicted octanol–water partition coefficient (Wildman–Crippen LogP) is 4.28. The fourth-order valence-corrected chi connectivity index (χ4v) is 2.53. The molecule has 0 unspecified atom stereocenters. The summed E-state index contributed by atoms with van der Waals surface area (Å²) in [5, 5.41) is 1.28. The quantitative estimate of drug-likeness (QED) is 0.671. The third-order valence-electron chi connectivity index (χ3n) is 3.62. The minimum atomic E-state index is 0.690. The molecule has 0 aliphatic carbocycles. The van der Waals surface area contributed by atoms with Gasteiger partial charge in [0.25, 0.3) is 0 Å². The Kier molecular flexibility index (Phi) is 3.73. The van der Waals surface area contributed by atoms with E-state index < -0.39 is 0 Å². The van der Waals surface area contributed by atoms with Crippen molar-refractivity contribution in [1.82, 2.24) is 4.57 Å². The molecule has 2 heteroatoms. The highest BCUT2D eigenvalue weighted by molar-refractivity contribution is 5.79. The van der Waals surface area contributed by atoms with Crippen LogP contribution in [-0.2, 0) is 13.0 Å². The van der Waals surface area contributed by atoms with Gasteiger partial charge in [-0.2, -0.15) is 0 Å². The van der Waals surface area contributed by atoms with Crippen molar-refractivity contribution < 1.29 is 4.74 Å². The molecule has 102 valence electrons. The van der Waals surface area contributed by atoms with Gasteiger partial charge in [-0.15, -0.1) is 0 Å². The molecular formula is C18H19NO. The Morgan fingerprint density at radius 1 is 0.950 bits per heavy atom. The number of fused-ring (bicyclic) bond motifs is 1. The highest BCUT2D eigenvalue weighted by Crippen LogP contribution is 2.19. The molecule has 3 rings (SSSR count). The van der Waals surface area contributed by atoms with Crippen LogP contribution < -0.4 is 4.74 Å². The lowest BCUT2D eigenvalue weighted by molar-refractivity contribution is 0.298. The summed E-state index contributed by atoms with van der Waals surface area (Å²) in [5.74, 6) is 1.01. The molecule has 0 atom stereocenters. The summed E-state index contributed by atoms with van der Waals surface area (Å²) in [6.07, 6.45) is 3.13. The van der Waals surface area contributed by atoms with E-state index in [1.54, 1.807) is 0 Å². The topological polar surface area (TPSA) is 14.2 Å². The zero-order valence-corrected chi connectivity index (χ0v) is 11.8. The Morgan fingerprint density at radius 3 is 2.65 bits per heavy atom. The number of benzene rings is 2. The highest BCUT2D eigenvalue weighted by Gasteiger charge is 2.02. The van der Waals surface area contributed by atoms with Crippen LogP contribution in [-0.4, -0.2) is 11.2 Å². The zero-order chi connectivity index (χ0) is 13.8. The smallest absolute Gasteiger partial charge is 0.122 e. The first-order chi connectivity index (χ1) is 9.88. The largest absolute Gasteiger partial charge is 0.491 e. The highest BCUT2D eigenvalue weighted by atomic mass is 16.5. The lowest BCUT2D eigenvalue weighted by atomic mass is 10.1. The number of hydrogen-bond acceptors (Lipinski definition) is 1. The van der Waals surface area contributed by atoms with Crippen molar-refractivity contribution in [2.75, 3.05) is 6.61 Å². The third-order valence-corrected chi connectivity index (χ3v) is 3.62. The summed E-state index contributed by atoms with van der Waals surface area (Å²) in [6.45, 7) is 3.71. The average molecular weight is 265 g/mol. The van der Waals surface area contributed by atoms with Crippen molar-refractivity contribution in [3.8, 4) is 5.75 Å². The van der Waals surface area contributed by atoms with E-state index in [2.05, 4.69) is 60.2 Å². The lowest BCUT2D eigenvalue weighted by Gasteiger charge is -2.11. The van der Waals surface area contributed by atoms with Crippen LogP contribution >= 0.6 is 0 Å². The standard InChI is InChI=1S/C18H19NO/c1-2-15-7-4-6-10-18(15)20-14-13-19-12-11-16-8-3-5-9-17(16)19/h3-12H,2,13-14H2,1H3. The molecule has 0 fully saturated rings. The first kappa shape index (κ1) is 12.8. The molecule has 0 spiro atoms. The molecule has 2 nitrogen and oxygen atoms in total. The number of hydrogen-bond donors (Lipinski definition) is 0. The molecule has 0 aliphatic rings. The Labute approximate surface area is 119 Å². The van der Waals surface area contributed by atoms with Crippen molar-refractivity contribution >= 4 is 10.9 Å². The van der Waals surface area contributed by atoms with Crippen molar-refractivity contribution in [3.63, 3.8) is 0 Å². The van der Waals surface area contributed by atoms with Crippen LogP contribution in [0.5, 0.6) is 5.75 Å². The number of rotatable bonds is 5. The second kappa shape index (κ2) is 5.83. The van der Waals surface area contributed by atoms with Crippen LogP contribution in [0.2, 0.25) is 0 Å². The van der Waals surface area contributed by atoms with E-state index >= 15 is 0 Å². The minimum Gasteiger partial charge on any atom is -0.491 e. The third kappa shape index (κ3) is 2.55. The van der Waals surface area contributed by atoms with Crippen molar-refractivity contribution in [2.24, 2.45) is 0 Å². The van der Waals surface area contributed by atoms with Gasteiger partial charge in [-0.1, -0.05) is 43.3 Å². The molecule has 2 aromatic carbocycles. The predicted molar refractivity (Wildman–Crippen MR) is 83.3 cm³/mol. The molecule has 0 bridgehead atoms. The van der Waals surface area contributed by atoms with Crippen LogP contribution in [0.4, 0.5) is 0 Å². The first-order valence-corrected chi connectivity index (χ1v) is 7.13. The van der Waals surface area contributed by atoms with E-state index in [0.717, 1.165) is 18.7 Å². The van der Waals surface area contributed by atoms with Gasteiger partial charge in [-0.25, -0.2) is 0 Å². The summed E-state index contributed by atoms with van der Waals surface area (Å²) >= 11 is 0. The maximum absolute atomic E-state index is 5.93. The van der Waals surface area contributed by atoms with Crippen LogP contribution in [0.3, 0.4) is 0 Å². The van der Waals surface area contributed by atoms with Crippen molar-refractivity contribution in [2.45, 2.75) is 19.9 Å². The van der Waals surface area contributed by atoms with Gasteiger partial charge < -0.3 is 9.30 Å². The minimum absolute atomic E-state index is 0.690. The second-order valence-corrected chi connectivity index (χ2v) is 4.88. The van der Waals surface area contributed by atoms with Gasteiger partial charge >= 0.3 is 0 Å². The van der Waals surface area contributed by atoms with E-state index in [-0.39, 0.29) is 0 Å². The van der Waals surface area contributed by atoms with E-state index in [0.29, 0.717) is 6.61 Å². The van der Waals surface area contributed by atoms with Crippen molar-refractivity contribution in [1.29, 1.82) is 0 Å². The monoisotopic (exact) mass is 265 g/mol. The molecule has 0 saturated carbocycles. The van der Waals surface area contributed by atoms with E-state index in [1.807, 2.05) is 12.1 Å². The van der Waals surface area contributed by atoms with Gasteiger partial charge in [-0.05, 0) is 35.6 Å². The molecule has 0 saturated heterocycles. The van der Waals surface area contributed by atoms with Crippen LogP contribution in [0, 0.1) is 0 Å². The normalized spacial score (nSPS) is 10.8. The molecule has 0 amide bonds. The van der Waals surface area contributed by atoms with Crippen molar-refractivity contribution in [3.05, 3.63) is 66.4 Å². The van der Waals surface area contributed by atoms with Gasteiger partial charge in [0.05, 0.1) is 6.54 Å². The van der Waals surface area contributed by atoms with Gasteiger partial charge in [0.1, 0.15) is 12.4 Å². The summed E-state index contributed by atoms with van der Waals surface area (Å²) in [6, 6.07) is 18.8. The summed E-state index contributed by atoms with van der Waals surface area (Å²) in [4.78, 5) is 0. The maximum atomic E-state index is 5.93. The molecule has 1 aromatic heterocycles. The number of nitrogens with zero attached hydrogens (tertiary/aromatic N) is 1. The Bertz CT molecular complexity index is 699. The van der Waals surface area contributed by atoms with Gasteiger partial charge in [-0.3, -0.25) is 0 Å². The first-order valence-electron chi connectivity index (χ1n) is 7.13. The number of ether oxygens (including phenoxy) is 1. The molecule has 0 N–H and O–H groups in total. The Morgan fingerprint density at radius 2 is 1.75 bits per heavy atom. The molecule has 0 radical (unpaired) electrons. The second-order valence-electron chi connectivity index (χ2n) is 4.88. The molecule has 20 heavy (non-hydrogen) atoms. The average Bonchev–Trinajstić information content (AvgIpc) is 2.91. The fraction of sp³-hybridized carbons (Fsp3) is 0.222. The van der Waals surface area contributed by atoms with E-state index in [1.165, 1.54) is 16.5 Å². The maximum Gasteiger partial charge on any atom is 0.122 e. The summed E-state index contributed by atoms with van der Waals surface area (Å²) < 4.78 is 8.17.